The fourth-order valence-electron chi connectivity index (χ4n) is 1.09. The SMILES string of the molecule is CC.CC.CC.CCN1CC(C)C1. The zero-order valence-corrected chi connectivity index (χ0v) is 11.1. The molecule has 0 atom stereocenters. The molecule has 0 spiro atoms. The summed E-state index contributed by atoms with van der Waals surface area (Å²) in [5.74, 6) is 0.972. The molecular formula is C12H31N. The van der Waals surface area contributed by atoms with E-state index in [4.69, 9.17) is 0 Å². The Balaban J connectivity index is -0.000000144. The van der Waals surface area contributed by atoms with Crippen LogP contribution in [0.4, 0.5) is 0 Å². The zero-order valence-electron chi connectivity index (χ0n) is 11.1. The van der Waals surface area contributed by atoms with Gasteiger partial charge in [0.2, 0.25) is 0 Å². The molecule has 0 radical (unpaired) electrons. The van der Waals surface area contributed by atoms with Crippen LogP contribution in [0, 0.1) is 5.92 Å². The van der Waals surface area contributed by atoms with Gasteiger partial charge in [0.05, 0.1) is 0 Å². The summed E-state index contributed by atoms with van der Waals surface area (Å²) in [6.07, 6.45) is 0. The average molecular weight is 189 g/mol. The third-order valence-corrected chi connectivity index (χ3v) is 1.59. The first-order valence-electron chi connectivity index (χ1n) is 6.05. The summed E-state index contributed by atoms with van der Waals surface area (Å²) in [6.45, 7) is 20.4. The van der Waals surface area contributed by atoms with Crippen molar-refractivity contribution in [1.29, 1.82) is 0 Å². The molecule has 0 aromatic carbocycles. The highest BCUT2D eigenvalue weighted by Gasteiger charge is 2.19. The lowest BCUT2D eigenvalue weighted by molar-refractivity contribution is 0.121. The number of hydrogen-bond acceptors (Lipinski definition) is 1. The van der Waals surface area contributed by atoms with Crippen molar-refractivity contribution in [3.05, 3.63) is 0 Å². The molecule has 0 aromatic heterocycles. The monoisotopic (exact) mass is 189 g/mol. The third-order valence-electron chi connectivity index (χ3n) is 1.59. The van der Waals surface area contributed by atoms with E-state index in [0.29, 0.717) is 0 Å². The van der Waals surface area contributed by atoms with Crippen LogP contribution in [0.3, 0.4) is 0 Å². The Bertz CT molecular complexity index is 56.1. The molecule has 1 nitrogen and oxygen atoms in total. The highest BCUT2D eigenvalue weighted by molar-refractivity contribution is 4.73. The van der Waals surface area contributed by atoms with Gasteiger partial charge >= 0.3 is 0 Å². The van der Waals surface area contributed by atoms with Crippen molar-refractivity contribution in [2.45, 2.75) is 55.4 Å². The molecule has 0 aromatic rings. The smallest absolute Gasteiger partial charge is 0.00192 e. The minimum atomic E-state index is 0.972. The van der Waals surface area contributed by atoms with Crippen LogP contribution in [-0.2, 0) is 0 Å². The van der Waals surface area contributed by atoms with Crippen molar-refractivity contribution in [2.75, 3.05) is 19.6 Å². The molecule has 1 aliphatic heterocycles. The molecule has 0 unspecified atom stereocenters. The van der Waals surface area contributed by atoms with E-state index < -0.39 is 0 Å². The number of hydrogen-bond donors (Lipinski definition) is 0. The van der Waals surface area contributed by atoms with E-state index in [1.807, 2.05) is 41.5 Å². The first-order chi connectivity index (χ1) is 6.33. The molecule has 0 saturated carbocycles. The van der Waals surface area contributed by atoms with E-state index in [2.05, 4.69) is 18.7 Å². The summed E-state index contributed by atoms with van der Waals surface area (Å²) in [6, 6.07) is 0. The van der Waals surface area contributed by atoms with Gasteiger partial charge in [0, 0.05) is 13.1 Å². The first kappa shape index (κ1) is 18.7. The van der Waals surface area contributed by atoms with Gasteiger partial charge in [0.1, 0.15) is 0 Å². The molecule has 0 amide bonds. The van der Waals surface area contributed by atoms with Crippen molar-refractivity contribution in [3.8, 4) is 0 Å². The van der Waals surface area contributed by atoms with Crippen molar-refractivity contribution >= 4 is 0 Å². The van der Waals surface area contributed by atoms with Crippen LogP contribution in [0.15, 0.2) is 0 Å². The van der Waals surface area contributed by atoms with E-state index >= 15 is 0 Å². The normalized spacial score (nSPS) is 14.8. The molecule has 13 heavy (non-hydrogen) atoms. The zero-order chi connectivity index (χ0) is 11.3. The topological polar surface area (TPSA) is 3.24 Å². The molecule has 1 fully saturated rings. The van der Waals surface area contributed by atoms with Crippen molar-refractivity contribution in [1.82, 2.24) is 4.90 Å². The number of likely N-dealkylation sites (tertiary alicyclic amines) is 1. The van der Waals surface area contributed by atoms with E-state index in [1.165, 1.54) is 19.6 Å². The second-order valence-corrected chi connectivity index (χ2v) is 2.46. The summed E-state index contributed by atoms with van der Waals surface area (Å²) < 4.78 is 0. The van der Waals surface area contributed by atoms with Gasteiger partial charge in [0.15, 0.2) is 0 Å². The maximum absolute atomic E-state index is 2.45. The summed E-state index contributed by atoms with van der Waals surface area (Å²) in [5, 5.41) is 0. The fraction of sp³-hybridized carbons (Fsp3) is 1.00. The molecule has 84 valence electrons. The Morgan fingerprint density at radius 2 is 1.23 bits per heavy atom. The third kappa shape index (κ3) is 12.0. The largest absolute Gasteiger partial charge is 0.303 e. The quantitative estimate of drug-likeness (QED) is 0.602. The molecule has 0 bridgehead atoms. The van der Waals surface area contributed by atoms with Crippen LogP contribution in [0.25, 0.3) is 0 Å². The van der Waals surface area contributed by atoms with Gasteiger partial charge in [-0.15, -0.1) is 0 Å². The van der Waals surface area contributed by atoms with Gasteiger partial charge < -0.3 is 4.90 Å². The molecular weight excluding hydrogens is 158 g/mol. The van der Waals surface area contributed by atoms with Gasteiger partial charge in [-0.05, 0) is 12.5 Å². The fourth-order valence-corrected chi connectivity index (χ4v) is 1.09. The highest BCUT2D eigenvalue weighted by Crippen LogP contribution is 2.11. The Labute approximate surface area is 86.5 Å². The number of nitrogens with zero attached hydrogens (tertiary/aromatic N) is 1. The van der Waals surface area contributed by atoms with E-state index in [1.54, 1.807) is 0 Å². The van der Waals surface area contributed by atoms with Gasteiger partial charge in [-0.25, -0.2) is 0 Å². The minimum absolute atomic E-state index is 0.972. The maximum atomic E-state index is 2.45. The van der Waals surface area contributed by atoms with Crippen LogP contribution in [0.2, 0.25) is 0 Å². The highest BCUT2D eigenvalue weighted by atomic mass is 15.2. The van der Waals surface area contributed by atoms with Gasteiger partial charge in [-0.2, -0.15) is 0 Å². The first-order valence-corrected chi connectivity index (χ1v) is 6.05. The molecule has 1 aliphatic rings. The standard InChI is InChI=1S/C6H13N.3C2H6/c1-3-7-4-6(2)5-7;3*1-2/h6H,3-5H2,1-2H3;3*1-2H3. The predicted octanol–water partition coefficient (Wildman–Crippen LogP) is 4.04. The van der Waals surface area contributed by atoms with Crippen LogP contribution >= 0.6 is 0 Å². The van der Waals surface area contributed by atoms with Crippen molar-refractivity contribution in [3.63, 3.8) is 0 Å². The van der Waals surface area contributed by atoms with Gasteiger partial charge in [-0.3, -0.25) is 0 Å². The Morgan fingerprint density at radius 1 is 0.923 bits per heavy atom. The molecule has 1 saturated heterocycles. The Kier molecular flexibility index (Phi) is 25.7. The van der Waals surface area contributed by atoms with E-state index in [0.717, 1.165) is 5.92 Å². The maximum Gasteiger partial charge on any atom is 0.00192 e. The van der Waals surface area contributed by atoms with Crippen LogP contribution < -0.4 is 0 Å². The lowest BCUT2D eigenvalue weighted by Crippen LogP contribution is -2.44. The lowest BCUT2D eigenvalue weighted by Gasteiger charge is -2.35. The van der Waals surface area contributed by atoms with Crippen LogP contribution in [0.1, 0.15) is 55.4 Å². The van der Waals surface area contributed by atoms with Gasteiger partial charge in [0.25, 0.3) is 0 Å². The molecule has 1 heterocycles. The average Bonchev–Trinajstić information content (AvgIpc) is 2.22. The summed E-state index contributed by atoms with van der Waals surface area (Å²) in [7, 11) is 0. The molecule has 0 aliphatic carbocycles. The van der Waals surface area contributed by atoms with E-state index in [9.17, 15) is 0 Å². The second kappa shape index (κ2) is 17.9. The predicted molar refractivity (Wildman–Crippen MR) is 65.3 cm³/mol. The van der Waals surface area contributed by atoms with Crippen LogP contribution in [0.5, 0.6) is 0 Å². The number of rotatable bonds is 1. The summed E-state index contributed by atoms with van der Waals surface area (Å²) >= 11 is 0. The van der Waals surface area contributed by atoms with Crippen LogP contribution in [-0.4, -0.2) is 24.5 Å². The summed E-state index contributed by atoms with van der Waals surface area (Å²) in [5.41, 5.74) is 0. The second-order valence-electron chi connectivity index (χ2n) is 2.46. The van der Waals surface area contributed by atoms with Crippen molar-refractivity contribution < 1.29 is 0 Å². The molecule has 0 N–H and O–H groups in total. The van der Waals surface area contributed by atoms with Gasteiger partial charge in [-0.1, -0.05) is 55.4 Å². The van der Waals surface area contributed by atoms with Crippen molar-refractivity contribution in [2.24, 2.45) is 5.92 Å². The Hall–Kier alpha value is -0.0400. The Morgan fingerprint density at radius 3 is 1.31 bits per heavy atom. The van der Waals surface area contributed by atoms with E-state index in [-0.39, 0.29) is 0 Å². The molecule has 1 heteroatoms. The summed E-state index contributed by atoms with van der Waals surface area (Å²) in [4.78, 5) is 2.45. The lowest BCUT2D eigenvalue weighted by atomic mass is 10.0. The molecule has 1 rings (SSSR count). The minimum Gasteiger partial charge on any atom is -0.303 e.